The van der Waals surface area contributed by atoms with Gasteiger partial charge in [0.15, 0.2) is 0 Å². The van der Waals surface area contributed by atoms with E-state index in [2.05, 4.69) is 15.9 Å². The van der Waals surface area contributed by atoms with Gasteiger partial charge in [0.2, 0.25) is 0 Å². The predicted octanol–water partition coefficient (Wildman–Crippen LogP) is 6.22. The number of benzene rings is 1. The highest BCUT2D eigenvalue weighted by atomic mass is 79.9. The molecule has 2 N–H and O–H groups in total. The van der Waals surface area contributed by atoms with Gasteiger partial charge >= 0.3 is 19.2 Å². The number of aliphatic hydroxyl groups is 1. The molecule has 2 rings (SSSR count). The van der Waals surface area contributed by atoms with Crippen LogP contribution in [0.4, 0.5) is 8.78 Å². The zero-order chi connectivity index (χ0) is 23.6. The zero-order valence-corrected chi connectivity index (χ0v) is 20.7. The average molecular weight is 545 g/mol. The molecule has 31 heavy (non-hydrogen) atoms. The Morgan fingerprint density at radius 3 is 2.29 bits per heavy atom. The molecule has 0 fully saturated rings. The third-order valence-electron chi connectivity index (χ3n) is 4.13. The summed E-state index contributed by atoms with van der Waals surface area (Å²) in [6.45, 7) is 5.55. The Balaban J connectivity index is 2.65. The number of hydrogen-bond donors (Lipinski definition) is 2. The highest BCUT2D eigenvalue weighted by molar-refractivity contribution is 9.10. The highest BCUT2D eigenvalue weighted by Crippen LogP contribution is 2.69. The van der Waals surface area contributed by atoms with E-state index in [9.17, 15) is 19.6 Å². The Hall–Kier alpha value is -1.10. The number of thiophene rings is 1. The van der Waals surface area contributed by atoms with Gasteiger partial charge in [-0.05, 0) is 55.8 Å². The van der Waals surface area contributed by atoms with Crippen LogP contribution in [0.5, 0.6) is 5.75 Å². The molecule has 1 aromatic carbocycles. The fraction of sp³-hybridized carbons (Fsp3) is 0.526. The average Bonchev–Trinajstić information content (AvgIpc) is 2.98. The summed E-state index contributed by atoms with van der Waals surface area (Å²) in [4.78, 5) is 10.9. The molecule has 0 bridgehead atoms. The van der Waals surface area contributed by atoms with Crippen LogP contribution in [-0.4, -0.2) is 41.6 Å². The van der Waals surface area contributed by atoms with Crippen molar-refractivity contribution in [2.24, 2.45) is 0 Å². The second-order valence-electron chi connectivity index (χ2n) is 7.19. The highest BCUT2D eigenvalue weighted by Gasteiger charge is 2.57. The molecule has 0 radical (unpaired) electrons. The van der Waals surface area contributed by atoms with Gasteiger partial charge in [0.05, 0.1) is 35.7 Å². The van der Waals surface area contributed by atoms with Crippen molar-refractivity contribution in [1.29, 1.82) is 0 Å². The minimum Gasteiger partial charge on any atom is -0.492 e. The van der Waals surface area contributed by atoms with E-state index in [1.54, 1.807) is 13.8 Å². The Kier molecular flexibility index (Phi) is 8.27. The number of ether oxygens (including phenoxy) is 1. The van der Waals surface area contributed by atoms with Crippen LogP contribution in [0.1, 0.15) is 49.4 Å². The van der Waals surface area contributed by atoms with Crippen molar-refractivity contribution in [1.82, 2.24) is 0 Å². The summed E-state index contributed by atoms with van der Waals surface area (Å²) in [7, 11) is -4.86. The predicted molar refractivity (Wildman–Crippen MR) is 118 cm³/mol. The lowest BCUT2D eigenvalue weighted by Crippen LogP contribution is -2.21. The molecule has 0 saturated carbocycles. The molecule has 1 aromatic heterocycles. The molecule has 0 spiro atoms. The molecule has 7 nitrogen and oxygen atoms in total. The topological polar surface area (TPSA) is 102 Å². The number of carboxylic acids is 1. The summed E-state index contributed by atoms with van der Waals surface area (Å²) in [5.41, 5.74) is -5.19. The molecule has 0 unspecified atom stereocenters. The first kappa shape index (κ1) is 26.2. The fourth-order valence-electron chi connectivity index (χ4n) is 2.64. The Morgan fingerprint density at radius 1 is 1.23 bits per heavy atom. The van der Waals surface area contributed by atoms with Gasteiger partial charge < -0.3 is 24.0 Å². The summed E-state index contributed by atoms with van der Waals surface area (Å²) >= 11 is 3.71. The van der Waals surface area contributed by atoms with Crippen LogP contribution in [0, 0.1) is 0 Å². The van der Waals surface area contributed by atoms with Crippen molar-refractivity contribution in [3.8, 4) is 5.75 Å². The van der Waals surface area contributed by atoms with E-state index in [0.29, 0.717) is 11.3 Å². The van der Waals surface area contributed by atoms with Crippen LogP contribution in [0.25, 0.3) is 10.1 Å². The molecule has 1 heterocycles. The SMILES string of the molecule is CCOP(=O)(OCC)C(F)(F)c1sc2c(OCCC(C)(C)O)cc(C(=O)O)cc2c1Br. The quantitative estimate of drug-likeness (QED) is 0.324. The Morgan fingerprint density at radius 2 is 1.81 bits per heavy atom. The van der Waals surface area contributed by atoms with Crippen molar-refractivity contribution in [3.05, 3.63) is 27.0 Å². The summed E-state index contributed by atoms with van der Waals surface area (Å²) in [5, 5.41) is 19.4. The van der Waals surface area contributed by atoms with E-state index in [1.165, 1.54) is 26.0 Å². The second kappa shape index (κ2) is 9.80. The molecular weight excluding hydrogens is 521 g/mol. The van der Waals surface area contributed by atoms with Crippen molar-refractivity contribution in [2.45, 2.75) is 45.4 Å². The number of carboxylic acid groups (broad SMARTS) is 1. The van der Waals surface area contributed by atoms with Crippen LogP contribution in [0.2, 0.25) is 0 Å². The van der Waals surface area contributed by atoms with E-state index in [0.717, 1.165) is 0 Å². The number of halogens is 3. The van der Waals surface area contributed by atoms with E-state index < -0.39 is 29.7 Å². The maximum Gasteiger partial charge on any atom is 0.405 e. The molecule has 0 aliphatic carbocycles. The lowest BCUT2D eigenvalue weighted by atomic mass is 10.1. The first-order valence-electron chi connectivity index (χ1n) is 9.39. The van der Waals surface area contributed by atoms with E-state index >= 15 is 8.78 Å². The summed E-state index contributed by atoms with van der Waals surface area (Å²) in [5.74, 6) is -1.20. The molecule has 0 saturated heterocycles. The van der Waals surface area contributed by atoms with E-state index in [4.69, 9.17) is 13.8 Å². The van der Waals surface area contributed by atoms with Crippen LogP contribution >= 0.6 is 34.9 Å². The van der Waals surface area contributed by atoms with Gasteiger partial charge in [0.25, 0.3) is 0 Å². The number of alkyl halides is 2. The monoisotopic (exact) mass is 544 g/mol. The van der Waals surface area contributed by atoms with Gasteiger partial charge in [-0.2, -0.15) is 8.78 Å². The second-order valence-corrected chi connectivity index (χ2v) is 11.1. The maximum absolute atomic E-state index is 15.4. The summed E-state index contributed by atoms with van der Waals surface area (Å²) in [6.07, 6.45) is 0.227. The van der Waals surface area contributed by atoms with Gasteiger partial charge in [0, 0.05) is 16.3 Å². The maximum atomic E-state index is 15.4. The number of aromatic carboxylic acids is 1. The minimum absolute atomic E-state index is 0.0271. The van der Waals surface area contributed by atoms with Gasteiger partial charge in [-0.1, -0.05) is 0 Å². The van der Waals surface area contributed by atoms with Crippen molar-refractivity contribution >= 4 is 50.9 Å². The third-order valence-corrected chi connectivity index (χ3v) is 8.76. The first-order chi connectivity index (χ1) is 14.3. The van der Waals surface area contributed by atoms with Crippen molar-refractivity contribution in [2.75, 3.05) is 19.8 Å². The third kappa shape index (κ3) is 5.64. The molecule has 0 aliphatic heterocycles. The molecule has 0 amide bonds. The summed E-state index contributed by atoms with van der Waals surface area (Å²) in [6, 6.07) is 2.46. The van der Waals surface area contributed by atoms with Gasteiger partial charge in [-0.15, -0.1) is 11.3 Å². The lowest BCUT2D eigenvalue weighted by molar-refractivity contribution is 0.0387. The lowest BCUT2D eigenvalue weighted by Gasteiger charge is -2.25. The largest absolute Gasteiger partial charge is 0.492 e. The molecule has 0 atom stereocenters. The molecule has 174 valence electrons. The number of rotatable bonds is 11. The Labute approximate surface area is 191 Å². The molecule has 0 aliphatic rings. The molecule has 2 aromatic rings. The fourth-order valence-corrected chi connectivity index (χ4v) is 6.65. The van der Waals surface area contributed by atoms with Crippen LogP contribution in [0.3, 0.4) is 0 Å². The van der Waals surface area contributed by atoms with Gasteiger partial charge in [0.1, 0.15) is 10.6 Å². The number of hydrogen-bond acceptors (Lipinski definition) is 7. The number of fused-ring (bicyclic) bond motifs is 1. The smallest absolute Gasteiger partial charge is 0.405 e. The van der Waals surface area contributed by atoms with Crippen molar-refractivity contribution < 1.29 is 42.1 Å². The van der Waals surface area contributed by atoms with E-state index in [1.807, 2.05) is 0 Å². The normalized spacial score (nSPS) is 13.0. The number of carbonyl (C=O) groups is 1. The van der Waals surface area contributed by atoms with Crippen LogP contribution < -0.4 is 4.74 Å². The standard InChI is InChI=1S/C19H24BrF2O7PS/c1-5-28-30(26,29-6-2)19(21,22)16-14(20)12-9-11(17(23)24)10-13(15(12)31-16)27-8-7-18(3,4)25/h9-10,25H,5-8H2,1-4H3,(H,23,24). The van der Waals surface area contributed by atoms with Gasteiger partial charge in [-0.3, -0.25) is 4.57 Å². The zero-order valence-electron chi connectivity index (χ0n) is 17.4. The molecule has 12 heteroatoms. The first-order valence-corrected chi connectivity index (χ1v) is 12.5. The minimum atomic E-state index is -4.86. The van der Waals surface area contributed by atoms with Crippen LogP contribution in [0.15, 0.2) is 16.6 Å². The van der Waals surface area contributed by atoms with Gasteiger partial charge in [-0.25, -0.2) is 4.79 Å². The van der Waals surface area contributed by atoms with Crippen molar-refractivity contribution in [3.63, 3.8) is 0 Å². The Bertz CT molecular complexity index is 993. The van der Waals surface area contributed by atoms with Crippen LogP contribution in [-0.2, 0) is 19.3 Å². The van der Waals surface area contributed by atoms with E-state index in [-0.39, 0.29) is 52.1 Å². The summed E-state index contributed by atoms with van der Waals surface area (Å²) < 4.78 is 59.0. The molecular formula is C19H24BrF2O7PS.